The molecule has 0 aliphatic carbocycles. The Bertz CT molecular complexity index is 849. The van der Waals surface area contributed by atoms with E-state index in [-0.39, 0.29) is 23.6 Å². The molecule has 26 heavy (non-hydrogen) atoms. The molecule has 1 N–H and O–H groups in total. The summed E-state index contributed by atoms with van der Waals surface area (Å²) in [5.41, 5.74) is -0.153. The monoisotopic (exact) mass is 389 g/mol. The summed E-state index contributed by atoms with van der Waals surface area (Å²) in [5, 5.41) is 0. The molecule has 2 aromatic carbocycles. The van der Waals surface area contributed by atoms with Crippen molar-refractivity contribution in [2.45, 2.75) is 17.5 Å². The topological polar surface area (TPSA) is 64.6 Å². The van der Waals surface area contributed by atoms with E-state index in [0.29, 0.717) is 11.3 Å². The van der Waals surface area contributed by atoms with E-state index in [2.05, 4.69) is 4.72 Å². The highest BCUT2D eigenvalue weighted by molar-refractivity contribution is 7.89. The second kappa shape index (κ2) is 7.96. The van der Waals surface area contributed by atoms with Gasteiger partial charge in [0, 0.05) is 12.6 Å². The molecule has 2 aromatic rings. The zero-order chi connectivity index (χ0) is 19.4. The largest absolute Gasteiger partial charge is 0.493 e. The summed E-state index contributed by atoms with van der Waals surface area (Å²) in [6, 6.07) is 8.78. The van der Waals surface area contributed by atoms with Gasteiger partial charge in [0.2, 0.25) is 10.0 Å². The van der Waals surface area contributed by atoms with Gasteiger partial charge in [0.05, 0.1) is 24.7 Å². The standard InChI is InChI=1S/C17H18F3NO4S/c1-24-15-8-7-14(11-16(15)25-2)26(22,23)21-10-9-12-3-5-13(6-4-12)17(18,19)20/h3-8,11,21H,9-10H2,1-2H3. The molecule has 0 spiro atoms. The fraction of sp³-hybridized carbons (Fsp3) is 0.294. The van der Waals surface area contributed by atoms with E-state index in [1.54, 1.807) is 0 Å². The average Bonchev–Trinajstić information content (AvgIpc) is 2.60. The number of methoxy groups -OCH3 is 2. The molecule has 142 valence electrons. The number of nitrogens with one attached hydrogen (secondary N) is 1. The third kappa shape index (κ3) is 4.89. The highest BCUT2D eigenvalue weighted by Crippen LogP contribution is 2.30. The third-order valence-corrected chi connectivity index (χ3v) is 5.11. The van der Waals surface area contributed by atoms with E-state index in [0.717, 1.165) is 12.1 Å². The molecule has 2 rings (SSSR count). The summed E-state index contributed by atoms with van der Waals surface area (Å²) in [6.45, 7) is 0.0437. The summed E-state index contributed by atoms with van der Waals surface area (Å²) in [4.78, 5) is 0.00238. The zero-order valence-corrected chi connectivity index (χ0v) is 14.9. The molecule has 0 radical (unpaired) electrons. The summed E-state index contributed by atoms with van der Waals surface area (Å²) in [6.07, 6.45) is -4.14. The van der Waals surface area contributed by atoms with Gasteiger partial charge in [-0.3, -0.25) is 0 Å². The van der Waals surface area contributed by atoms with Gasteiger partial charge in [0.15, 0.2) is 11.5 Å². The number of benzene rings is 2. The van der Waals surface area contributed by atoms with E-state index >= 15 is 0 Å². The van der Waals surface area contributed by atoms with Crippen molar-refractivity contribution in [2.75, 3.05) is 20.8 Å². The van der Waals surface area contributed by atoms with E-state index in [9.17, 15) is 21.6 Å². The Morgan fingerprint density at radius 3 is 2.12 bits per heavy atom. The van der Waals surface area contributed by atoms with Gasteiger partial charge in [-0.1, -0.05) is 12.1 Å². The van der Waals surface area contributed by atoms with Crippen LogP contribution in [-0.2, 0) is 22.6 Å². The van der Waals surface area contributed by atoms with Crippen LogP contribution in [0.15, 0.2) is 47.4 Å². The zero-order valence-electron chi connectivity index (χ0n) is 14.1. The molecule has 0 aromatic heterocycles. The first-order valence-electron chi connectivity index (χ1n) is 7.55. The van der Waals surface area contributed by atoms with E-state index < -0.39 is 21.8 Å². The van der Waals surface area contributed by atoms with Crippen LogP contribution in [0.3, 0.4) is 0 Å². The maximum absolute atomic E-state index is 12.5. The number of hydrogen-bond acceptors (Lipinski definition) is 4. The minimum Gasteiger partial charge on any atom is -0.493 e. The lowest BCUT2D eigenvalue weighted by molar-refractivity contribution is -0.137. The fourth-order valence-corrected chi connectivity index (χ4v) is 3.30. The molecule has 5 nitrogen and oxygen atoms in total. The van der Waals surface area contributed by atoms with Crippen molar-refractivity contribution in [2.24, 2.45) is 0 Å². The first kappa shape index (κ1) is 20.1. The first-order valence-corrected chi connectivity index (χ1v) is 9.03. The molecule has 0 atom stereocenters. The predicted molar refractivity (Wildman–Crippen MR) is 89.9 cm³/mol. The van der Waals surface area contributed by atoms with Gasteiger partial charge in [-0.15, -0.1) is 0 Å². The first-order chi connectivity index (χ1) is 12.2. The molecule has 0 saturated carbocycles. The number of alkyl halides is 3. The van der Waals surface area contributed by atoms with E-state index in [4.69, 9.17) is 9.47 Å². The molecule has 0 unspecified atom stereocenters. The average molecular weight is 389 g/mol. The van der Waals surface area contributed by atoms with Gasteiger partial charge in [-0.2, -0.15) is 13.2 Å². The molecule has 0 fully saturated rings. The molecule has 0 aliphatic heterocycles. The van der Waals surface area contributed by atoms with Crippen LogP contribution < -0.4 is 14.2 Å². The third-order valence-electron chi connectivity index (χ3n) is 3.65. The lowest BCUT2D eigenvalue weighted by atomic mass is 10.1. The predicted octanol–water partition coefficient (Wildman–Crippen LogP) is 3.24. The molecule has 0 heterocycles. The Morgan fingerprint density at radius 2 is 1.58 bits per heavy atom. The SMILES string of the molecule is COc1ccc(S(=O)(=O)NCCc2ccc(C(F)(F)F)cc2)cc1OC. The minimum absolute atomic E-state index is 0.00238. The number of halogens is 3. The Labute approximate surface area is 149 Å². The number of rotatable bonds is 7. The van der Waals surface area contributed by atoms with Crippen molar-refractivity contribution in [3.8, 4) is 11.5 Å². The number of sulfonamides is 1. The molecular weight excluding hydrogens is 371 g/mol. The second-order valence-electron chi connectivity index (χ2n) is 5.36. The van der Waals surface area contributed by atoms with Gasteiger partial charge in [-0.25, -0.2) is 13.1 Å². The summed E-state index contributed by atoms with van der Waals surface area (Å²) >= 11 is 0. The normalized spacial score (nSPS) is 12.0. The van der Waals surface area contributed by atoms with Crippen molar-refractivity contribution in [1.29, 1.82) is 0 Å². The molecule has 0 amide bonds. The molecular formula is C17H18F3NO4S. The number of ether oxygens (including phenoxy) is 2. The van der Waals surface area contributed by atoms with Crippen LogP contribution in [0.4, 0.5) is 13.2 Å². The highest BCUT2D eigenvalue weighted by atomic mass is 32.2. The lowest BCUT2D eigenvalue weighted by Gasteiger charge is -2.11. The maximum atomic E-state index is 12.5. The minimum atomic E-state index is -4.40. The molecule has 0 bridgehead atoms. The quantitative estimate of drug-likeness (QED) is 0.790. The van der Waals surface area contributed by atoms with Crippen molar-refractivity contribution in [3.63, 3.8) is 0 Å². The van der Waals surface area contributed by atoms with Gasteiger partial charge >= 0.3 is 6.18 Å². The Kier molecular flexibility index (Phi) is 6.14. The van der Waals surface area contributed by atoms with Crippen molar-refractivity contribution >= 4 is 10.0 Å². The second-order valence-corrected chi connectivity index (χ2v) is 7.13. The van der Waals surface area contributed by atoms with Gasteiger partial charge < -0.3 is 9.47 Å². The summed E-state index contributed by atoms with van der Waals surface area (Å²) in [5.74, 6) is 0.675. The Hall–Kier alpha value is -2.26. The van der Waals surface area contributed by atoms with Gasteiger partial charge in [0.25, 0.3) is 0 Å². The number of hydrogen-bond donors (Lipinski definition) is 1. The van der Waals surface area contributed by atoms with Crippen LogP contribution in [0.5, 0.6) is 11.5 Å². The Morgan fingerprint density at radius 1 is 0.962 bits per heavy atom. The molecule has 0 saturated heterocycles. The molecule has 9 heteroatoms. The van der Waals surface area contributed by atoms with E-state index in [1.807, 2.05) is 0 Å². The fourth-order valence-electron chi connectivity index (χ4n) is 2.26. The van der Waals surface area contributed by atoms with Gasteiger partial charge in [-0.05, 0) is 36.2 Å². The summed E-state index contributed by atoms with van der Waals surface area (Å²) < 4.78 is 74.7. The van der Waals surface area contributed by atoms with Crippen LogP contribution in [0.25, 0.3) is 0 Å². The van der Waals surface area contributed by atoms with Crippen molar-refractivity contribution < 1.29 is 31.1 Å². The van der Waals surface area contributed by atoms with E-state index in [1.165, 1.54) is 44.6 Å². The van der Waals surface area contributed by atoms with Crippen LogP contribution in [-0.4, -0.2) is 29.2 Å². The van der Waals surface area contributed by atoms with Crippen molar-refractivity contribution in [1.82, 2.24) is 4.72 Å². The smallest absolute Gasteiger partial charge is 0.416 e. The van der Waals surface area contributed by atoms with Crippen LogP contribution in [0.1, 0.15) is 11.1 Å². The van der Waals surface area contributed by atoms with Gasteiger partial charge in [0.1, 0.15) is 0 Å². The summed E-state index contributed by atoms with van der Waals surface area (Å²) in [7, 11) is -0.951. The maximum Gasteiger partial charge on any atom is 0.416 e. The van der Waals surface area contributed by atoms with Crippen LogP contribution >= 0.6 is 0 Å². The highest BCUT2D eigenvalue weighted by Gasteiger charge is 2.29. The molecule has 0 aliphatic rings. The lowest BCUT2D eigenvalue weighted by Crippen LogP contribution is -2.26. The Balaban J connectivity index is 2.02. The van der Waals surface area contributed by atoms with Crippen LogP contribution in [0, 0.1) is 0 Å². The van der Waals surface area contributed by atoms with Crippen molar-refractivity contribution in [3.05, 3.63) is 53.6 Å². The van der Waals surface area contributed by atoms with Crippen LogP contribution in [0.2, 0.25) is 0 Å².